The highest BCUT2D eigenvalue weighted by molar-refractivity contribution is 5.98. The van der Waals surface area contributed by atoms with E-state index < -0.39 is 0 Å². The molecule has 0 saturated carbocycles. The first-order valence-electron chi connectivity index (χ1n) is 20.0. The Kier molecular flexibility index (Phi) is 15.2. The number of hydrogen-bond donors (Lipinski definition) is 1. The molecule has 2 saturated heterocycles. The largest absolute Gasteiger partial charge is 0.507 e. The number of likely N-dealkylation sites (tertiary alicyclic amines) is 2. The summed E-state index contributed by atoms with van der Waals surface area (Å²) in [6.45, 7) is 12.0. The molecule has 0 bridgehead atoms. The fourth-order valence-corrected chi connectivity index (χ4v) is 7.86. The van der Waals surface area contributed by atoms with Crippen LogP contribution in [0, 0.1) is 0 Å². The van der Waals surface area contributed by atoms with Gasteiger partial charge in [-0.15, -0.1) is 0 Å². The maximum absolute atomic E-state index is 14.5. The number of nitrogens with zero attached hydrogens (tertiary/aromatic N) is 2. The molecular weight excluding hydrogens is 716 g/mol. The van der Waals surface area contributed by atoms with Gasteiger partial charge in [0, 0.05) is 23.3 Å². The standard InChI is InChI=1S/C44H60N2O10/c1-28(2)16-18-30-34(54-24-10-8-20-45-22-12-14-32(45)43(49)52-6)26-36-39(40(30)47)41(48)38-31(19-17-29(3)4)42(51-5)37(27-35(38)56-36)55-25-11-9-21-46-23-13-15-33(46)44(50)53-7/h16-17,26-27,32-33,47H,8-15,18-25H2,1-7H3/t32-,33+/m0/s1. The maximum Gasteiger partial charge on any atom is 0.323 e. The van der Waals surface area contributed by atoms with Crippen LogP contribution in [0.2, 0.25) is 0 Å². The number of allylic oxidation sites excluding steroid dienone is 4. The van der Waals surface area contributed by atoms with Gasteiger partial charge in [0.15, 0.2) is 11.5 Å². The molecule has 0 unspecified atom stereocenters. The highest BCUT2D eigenvalue weighted by atomic mass is 16.5. The van der Waals surface area contributed by atoms with Crippen LogP contribution in [0.1, 0.15) is 90.2 Å². The van der Waals surface area contributed by atoms with Crippen LogP contribution in [0.4, 0.5) is 0 Å². The summed E-state index contributed by atoms with van der Waals surface area (Å²) in [6, 6.07) is 3.02. The zero-order valence-corrected chi connectivity index (χ0v) is 34.3. The van der Waals surface area contributed by atoms with Crippen molar-refractivity contribution in [2.75, 3.05) is 60.7 Å². The van der Waals surface area contributed by atoms with Gasteiger partial charge in [0.25, 0.3) is 0 Å². The Labute approximate surface area is 330 Å². The van der Waals surface area contributed by atoms with E-state index in [4.69, 9.17) is 28.1 Å². The van der Waals surface area contributed by atoms with Gasteiger partial charge in [-0.25, -0.2) is 0 Å². The molecule has 0 aliphatic carbocycles. The highest BCUT2D eigenvalue weighted by Crippen LogP contribution is 2.42. The Hall–Kier alpha value is -4.55. The highest BCUT2D eigenvalue weighted by Gasteiger charge is 2.32. The molecule has 0 amide bonds. The summed E-state index contributed by atoms with van der Waals surface area (Å²) < 4.78 is 35.0. The van der Waals surface area contributed by atoms with Crippen LogP contribution in [0.5, 0.6) is 23.0 Å². The summed E-state index contributed by atoms with van der Waals surface area (Å²) >= 11 is 0. The van der Waals surface area contributed by atoms with E-state index in [2.05, 4.69) is 9.80 Å². The number of phenolic OH excluding ortho intramolecular Hbond substituents is 1. The molecule has 3 aromatic rings. The van der Waals surface area contributed by atoms with E-state index in [0.29, 0.717) is 65.4 Å². The van der Waals surface area contributed by atoms with E-state index >= 15 is 0 Å². The molecule has 2 fully saturated rings. The summed E-state index contributed by atoms with van der Waals surface area (Å²) in [6.07, 6.45) is 11.5. The number of rotatable bonds is 19. The average molecular weight is 777 g/mol. The zero-order chi connectivity index (χ0) is 40.4. The van der Waals surface area contributed by atoms with Crippen molar-refractivity contribution in [3.8, 4) is 23.0 Å². The lowest BCUT2D eigenvalue weighted by atomic mass is 9.98. The van der Waals surface area contributed by atoms with Crippen molar-refractivity contribution in [1.29, 1.82) is 0 Å². The Bertz CT molecular complexity index is 1970. The van der Waals surface area contributed by atoms with Crippen LogP contribution in [0.15, 0.2) is 44.6 Å². The number of esters is 2. The molecule has 2 aromatic carbocycles. The maximum atomic E-state index is 14.5. The summed E-state index contributed by atoms with van der Waals surface area (Å²) in [5, 5.41) is 12.2. The second kappa shape index (κ2) is 20.0. The molecule has 1 aromatic heterocycles. The van der Waals surface area contributed by atoms with Crippen LogP contribution in [0.3, 0.4) is 0 Å². The van der Waals surface area contributed by atoms with Crippen molar-refractivity contribution in [3.05, 3.63) is 56.8 Å². The van der Waals surface area contributed by atoms with Crippen LogP contribution < -0.4 is 19.6 Å². The molecule has 3 heterocycles. The molecule has 2 aliphatic rings. The number of ether oxygens (including phenoxy) is 5. The SMILES string of the molecule is COC(=O)[C@H]1CCCN1CCCCOc1cc2oc3cc(OCCCCN4CCC[C@H]4C(=O)OC)c(CC=C(C)C)c(O)c3c(=O)c2c(CC=C(C)C)c1OC. The third-order valence-electron chi connectivity index (χ3n) is 10.8. The molecule has 56 heavy (non-hydrogen) atoms. The minimum atomic E-state index is -0.359. The van der Waals surface area contributed by atoms with E-state index in [-0.39, 0.29) is 46.2 Å². The first kappa shape index (κ1) is 42.6. The predicted octanol–water partition coefficient (Wildman–Crippen LogP) is 7.27. The normalized spacial score (nSPS) is 17.3. The fraction of sp³-hybridized carbons (Fsp3) is 0.568. The molecule has 0 spiro atoms. The Balaban J connectivity index is 1.43. The zero-order valence-electron chi connectivity index (χ0n) is 34.3. The first-order chi connectivity index (χ1) is 27.0. The van der Waals surface area contributed by atoms with Crippen molar-refractivity contribution in [2.24, 2.45) is 0 Å². The number of aromatic hydroxyl groups is 1. The van der Waals surface area contributed by atoms with Gasteiger partial charge < -0.3 is 33.2 Å². The van der Waals surface area contributed by atoms with E-state index in [1.165, 1.54) is 14.2 Å². The third-order valence-corrected chi connectivity index (χ3v) is 10.8. The molecule has 306 valence electrons. The lowest BCUT2D eigenvalue weighted by Gasteiger charge is -2.22. The van der Waals surface area contributed by atoms with Crippen LogP contribution >= 0.6 is 0 Å². The topological polar surface area (TPSA) is 137 Å². The monoisotopic (exact) mass is 776 g/mol. The second-order valence-electron chi connectivity index (χ2n) is 15.3. The van der Waals surface area contributed by atoms with Gasteiger partial charge in [-0.05, 0) is 118 Å². The van der Waals surface area contributed by atoms with Gasteiger partial charge in [0.1, 0.15) is 40.1 Å². The quantitative estimate of drug-likeness (QED) is 0.0568. The summed E-state index contributed by atoms with van der Waals surface area (Å²) in [4.78, 5) is 43.3. The number of methoxy groups -OCH3 is 3. The van der Waals surface area contributed by atoms with Crippen LogP contribution in [0.25, 0.3) is 21.9 Å². The smallest absolute Gasteiger partial charge is 0.323 e. The van der Waals surface area contributed by atoms with Gasteiger partial charge in [0.05, 0.1) is 39.9 Å². The summed E-state index contributed by atoms with van der Waals surface area (Å²) in [5.41, 5.74) is 3.44. The fourth-order valence-electron chi connectivity index (χ4n) is 7.86. The minimum absolute atomic E-state index is 0.0891. The molecule has 12 nitrogen and oxygen atoms in total. The number of carbonyl (C=O) groups is 2. The van der Waals surface area contributed by atoms with E-state index in [0.717, 1.165) is 88.7 Å². The van der Waals surface area contributed by atoms with Crippen LogP contribution in [-0.2, 0) is 31.9 Å². The average Bonchev–Trinajstić information content (AvgIpc) is 3.85. The van der Waals surface area contributed by atoms with Gasteiger partial charge in [-0.2, -0.15) is 0 Å². The van der Waals surface area contributed by atoms with Gasteiger partial charge in [-0.3, -0.25) is 24.2 Å². The number of phenols is 1. The number of fused-ring (bicyclic) bond motifs is 2. The number of benzene rings is 2. The lowest BCUT2D eigenvalue weighted by Crippen LogP contribution is -2.37. The number of carbonyl (C=O) groups excluding carboxylic acids is 2. The van der Waals surface area contributed by atoms with E-state index in [1.54, 1.807) is 19.2 Å². The molecule has 12 heteroatoms. The van der Waals surface area contributed by atoms with Crippen molar-refractivity contribution in [1.82, 2.24) is 9.80 Å². The second-order valence-corrected chi connectivity index (χ2v) is 15.3. The van der Waals surface area contributed by atoms with E-state index in [1.807, 2.05) is 39.8 Å². The minimum Gasteiger partial charge on any atom is -0.507 e. The number of hydrogen-bond acceptors (Lipinski definition) is 12. The predicted molar refractivity (Wildman–Crippen MR) is 217 cm³/mol. The lowest BCUT2D eigenvalue weighted by molar-refractivity contribution is -0.146. The summed E-state index contributed by atoms with van der Waals surface area (Å²) in [5.74, 6) is 0.825. The Morgan fingerprint density at radius 2 is 1.25 bits per heavy atom. The van der Waals surface area contributed by atoms with Crippen LogP contribution in [-0.4, -0.2) is 99.7 Å². The molecule has 5 rings (SSSR count). The Morgan fingerprint density at radius 3 is 1.77 bits per heavy atom. The van der Waals surface area contributed by atoms with Gasteiger partial charge in [0.2, 0.25) is 5.43 Å². The van der Waals surface area contributed by atoms with Gasteiger partial charge in [-0.1, -0.05) is 23.3 Å². The Morgan fingerprint density at radius 1 is 0.750 bits per heavy atom. The van der Waals surface area contributed by atoms with Crippen molar-refractivity contribution < 1.29 is 42.8 Å². The molecule has 2 aliphatic heterocycles. The van der Waals surface area contributed by atoms with E-state index in [9.17, 15) is 19.5 Å². The molecule has 1 N–H and O–H groups in total. The summed E-state index contributed by atoms with van der Waals surface area (Å²) in [7, 11) is 4.42. The molecular formula is C44H60N2O10. The van der Waals surface area contributed by atoms with Crippen molar-refractivity contribution >= 4 is 33.9 Å². The molecule has 2 atom stereocenters. The first-order valence-corrected chi connectivity index (χ1v) is 20.0. The number of unbranched alkanes of at least 4 members (excludes halogenated alkanes) is 2. The van der Waals surface area contributed by atoms with Gasteiger partial charge >= 0.3 is 11.9 Å². The van der Waals surface area contributed by atoms with Crippen molar-refractivity contribution in [3.63, 3.8) is 0 Å². The molecule has 0 radical (unpaired) electrons. The third kappa shape index (κ3) is 10.1. The van der Waals surface area contributed by atoms with Crippen molar-refractivity contribution in [2.45, 2.75) is 104 Å².